The number of nitrogens with zero attached hydrogens (tertiary/aromatic N) is 1. The molecule has 35 heavy (non-hydrogen) atoms. The third-order valence-electron chi connectivity index (χ3n) is 6.17. The average molecular weight is 475 g/mol. The van der Waals surface area contributed by atoms with Crippen molar-refractivity contribution in [3.8, 4) is 17.2 Å². The number of methoxy groups -OCH3 is 2. The fraction of sp³-hybridized carbons (Fsp3) is 0.286. The summed E-state index contributed by atoms with van der Waals surface area (Å²) >= 11 is 0. The summed E-state index contributed by atoms with van der Waals surface area (Å²) in [6.45, 7) is 2.50. The summed E-state index contributed by atoms with van der Waals surface area (Å²) in [5.41, 5.74) is 2.26. The molecular weight excluding hydrogens is 444 g/mol. The Hall–Kier alpha value is -4.00. The Bertz CT molecular complexity index is 1140. The highest BCUT2D eigenvalue weighted by Gasteiger charge is 2.41. The molecule has 1 N–H and O–H groups in total. The normalized spacial score (nSPS) is 17.6. The van der Waals surface area contributed by atoms with Crippen LogP contribution in [0.2, 0.25) is 0 Å². The van der Waals surface area contributed by atoms with Gasteiger partial charge in [0.15, 0.2) is 0 Å². The molecule has 3 aromatic rings. The highest BCUT2D eigenvalue weighted by molar-refractivity contribution is 6.00. The standard InChI is InChI=1S/C28H30N2O5/c1-4-35-24-13-7-20(8-14-24)29-28(32)25-17-18-26(31)30(21-9-15-23(34-3)16-10-21)27(25)19-5-11-22(33-2)12-6-19/h5-16,25,27H,4,17-18H2,1-3H3,(H,29,32)/t25-,27+/m0/s1. The number of anilines is 2. The van der Waals surface area contributed by atoms with Crippen LogP contribution in [-0.4, -0.2) is 32.6 Å². The predicted molar refractivity (Wildman–Crippen MR) is 135 cm³/mol. The molecule has 1 aliphatic rings. The molecule has 1 fully saturated rings. The minimum absolute atomic E-state index is 0.0268. The molecule has 0 bridgehead atoms. The number of hydrogen-bond acceptors (Lipinski definition) is 5. The quantitative estimate of drug-likeness (QED) is 0.484. The van der Waals surface area contributed by atoms with Gasteiger partial charge in [0.05, 0.1) is 32.8 Å². The molecule has 3 aromatic carbocycles. The highest BCUT2D eigenvalue weighted by Crippen LogP contribution is 2.41. The van der Waals surface area contributed by atoms with Crippen LogP contribution >= 0.6 is 0 Å². The number of piperidine rings is 1. The summed E-state index contributed by atoms with van der Waals surface area (Å²) in [5.74, 6) is 1.54. The Morgan fingerprint density at radius 3 is 2.03 bits per heavy atom. The van der Waals surface area contributed by atoms with Crippen LogP contribution in [0, 0.1) is 5.92 Å². The van der Waals surface area contributed by atoms with Crippen LogP contribution in [-0.2, 0) is 9.59 Å². The molecule has 182 valence electrons. The summed E-state index contributed by atoms with van der Waals surface area (Å²) in [7, 11) is 3.21. The van der Waals surface area contributed by atoms with Crippen molar-refractivity contribution < 1.29 is 23.8 Å². The van der Waals surface area contributed by atoms with E-state index in [9.17, 15) is 9.59 Å². The van der Waals surface area contributed by atoms with Gasteiger partial charge in [-0.25, -0.2) is 0 Å². The molecule has 1 heterocycles. The molecule has 7 nitrogen and oxygen atoms in total. The third kappa shape index (κ3) is 5.40. The summed E-state index contributed by atoms with van der Waals surface area (Å²) in [4.78, 5) is 28.5. The number of carbonyl (C=O) groups excluding carboxylic acids is 2. The monoisotopic (exact) mass is 474 g/mol. The van der Waals surface area contributed by atoms with Crippen molar-refractivity contribution in [2.75, 3.05) is 31.0 Å². The van der Waals surface area contributed by atoms with Crippen LogP contribution in [0.15, 0.2) is 72.8 Å². The summed E-state index contributed by atoms with van der Waals surface area (Å²) in [5, 5.41) is 3.03. The van der Waals surface area contributed by atoms with E-state index < -0.39 is 12.0 Å². The van der Waals surface area contributed by atoms with Gasteiger partial charge in [0.25, 0.3) is 0 Å². The second-order valence-corrected chi connectivity index (χ2v) is 8.27. The first-order chi connectivity index (χ1) is 17.0. The van der Waals surface area contributed by atoms with Crippen LogP contribution in [0.25, 0.3) is 0 Å². The maximum atomic E-state index is 13.5. The molecule has 0 spiro atoms. The van der Waals surface area contributed by atoms with Crippen molar-refractivity contribution in [2.24, 2.45) is 5.92 Å². The van der Waals surface area contributed by atoms with Crippen molar-refractivity contribution in [1.29, 1.82) is 0 Å². The second kappa shape index (κ2) is 11.0. The van der Waals surface area contributed by atoms with E-state index in [1.54, 1.807) is 19.1 Å². The lowest BCUT2D eigenvalue weighted by atomic mass is 9.83. The van der Waals surface area contributed by atoms with Crippen molar-refractivity contribution >= 4 is 23.2 Å². The Kier molecular flexibility index (Phi) is 7.55. The number of hydrogen-bond donors (Lipinski definition) is 1. The molecule has 0 aromatic heterocycles. The topological polar surface area (TPSA) is 77.1 Å². The maximum Gasteiger partial charge on any atom is 0.229 e. The van der Waals surface area contributed by atoms with E-state index in [2.05, 4.69) is 5.32 Å². The number of carbonyl (C=O) groups is 2. The lowest BCUT2D eigenvalue weighted by Crippen LogP contribution is -2.46. The lowest BCUT2D eigenvalue weighted by molar-refractivity contribution is -0.125. The van der Waals surface area contributed by atoms with Crippen LogP contribution in [0.5, 0.6) is 17.2 Å². The third-order valence-corrected chi connectivity index (χ3v) is 6.17. The Labute approximate surface area is 205 Å². The minimum atomic E-state index is -0.474. The summed E-state index contributed by atoms with van der Waals surface area (Å²) in [6, 6.07) is 21.7. The molecule has 1 saturated heterocycles. The second-order valence-electron chi connectivity index (χ2n) is 8.27. The summed E-state index contributed by atoms with van der Waals surface area (Å²) < 4.78 is 16.1. The minimum Gasteiger partial charge on any atom is -0.497 e. The highest BCUT2D eigenvalue weighted by atomic mass is 16.5. The van der Waals surface area contributed by atoms with Crippen molar-refractivity contribution in [2.45, 2.75) is 25.8 Å². The van der Waals surface area contributed by atoms with E-state index in [4.69, 9.17) is 14.2 Å². The van der Waals surface area contributed by atoms with Crippen molar-refractivity contribution in [3.05, 3.63) is 78.4 Å². The maximum absolute atomic E-state index is 13.5. The van der Waals surface area contributed by atoms with Crippen molar-refractivity contribution in [1.82, 2.24) is 0 Å². The number of benzene rings is 3. The fourth-order valence-corrected chi connectivity index (χ4v) is 4.43. The molecule has 2 atom stereocenters. The van der Waals surface area contributed by atoms with Gasteiger partial charge < -0.3 is 24.4 Å². The molecule has 0 unspecified atom stereocenters. The molecule has 2 amide bonds. The molecule has 1 aliphatic heterocycles. The van der Waals surface area contributed by atoms with Gasteiger partial charge in [-0.15, -0.1) is 0 Å². The molecule has 0 aliphatic carbocycles. The van der Waals surface area contributed by atoms with E-state index in [1.165, 1.54) is 0 Å². The zero-order valence-electron chi connectivity index (χ0n) is 20.2. The number of rotatable bonds is 8. The van der Waals surface area contributed by atoms with E-state index in [-0.39, 0.29) is 18.2 Å². The molecule has 0 saturated carbocycles. The van der Waals surface area contributed by atoms with Gasteiger partial charge in [-0.3, -0.25) is 9.59 Å². The SMILES string of the molecule is CCOc1ccc(NC(=O)[C@H]2CCC(=O)N(c3ccc(OC)cc3)[C@@H]2c2ccc(OC)cc2)cc1. The first-order valence-corrected chi connectivity index (χ1v) is 11.7. The van der Waals surface area contributed by atoms with Gasteiger partial charge >= 0.3 is 0 Å². The van der Waals surface area contributed by atoms with E-state index in [0.717, 1.165) is 17.0 Å². The van der Waals surface area contributed by atoms with Crippen LogP contribution < -0.4 is 24.4 Å². The van der Waals surface area contributed by atoms with E-state index in [0.29, 0.717) is 30.2 Å². The van der Waals surface area contributed by atoms with Crippen LogP contribution in [0.1, 0.15) is 31.4 Å². The van der Waals surface area contributed by atoms with Gasteiger partial charge in [0.2, 0.25) is 11.8 Å². The van der Waals surface area contributed by atoms with Gasteiger partial charge in [0.1, 0.15) is 17.2 Å². The first-order valence-electron chi connectivity index (χ1n) is 11.7. The van der Waals surface area contributed by atoms with E-state index >= 15 is 0 Å². The zero-order valence-corrected chi connectivity index (χ0v) is 20.2. The van der Waals surface area contributed by atoms with Gasteiger partial charge in [-0.1, -0.05) is 12.1 Å². The predicted octanol–water partition coefficient (Wildman–Crippen LogP) is 5.23. The Balaban J connectivity index is 1.67. The van der Waals surface area contributed by atoms with Gasteiger partial charge in [-0.05, 0) is 79.6 Å². The first kappa shape index (κ1) is 24.1. The molecule has 0 radical (unpaired) electrons. The van der Waals surface area contributed by atoms with Gasteiger partial charge in [-0.2, -0.15) is 0 Å². The zero-order chi connectivity index (χ0) is 24.8. The Morgan fingerprint density at radius 2 is 1.46 bits per heavy atom. The Morgan fingerprint density at radius 1 is 0.886 bits per heavy atom. The number of nitrogens with one attached hydrogen (secondary N) is 1. The van der Waals surface area contributed by atoms with Crippen LogP contribution in [0.3, 0.4) is 0 Å². The molecular formula is C28H30N2O5. The fourth-order valence-electron chi connectivity index (χ4n) is 4.43. The lowest BCUT2D eigenvalue weighted by Gasteiger charge is -2.41. The molecule has 4 rings (SSSR count). The smallest absolute Gasteiger partial charge is 0.229 e. The van der Waals surface area contributed by atoms with Gasteiger partial charge in [0, 0.05) is 17.8 Å². The van der Waals surface area contributed by atoms with E-state index in [1.807, 2.05) is 79.7 Å². The largest absolute Gasteiger partial charge is 0.497 e. The average Bonchev–Trinajstić information content (AvgIpc) is 2.90. The number of ether oxygens (including phenoxy) is 3. The molecule has 7 heteroatoms. The summed E-state index contributed by atoms with van der Waals surface area (Å²) in [6.07, 6.45) is 0.727. The van der Waals surface area contributed by atoms with Crippen molar-refractivity contribution in [3.63, 3.8) is 0 Å². The van der Waals surface area contributed by atoms with Crippen LogP contribution in [0.4, 0.5) is 11.4 Å². The number of amides is 2.